The van der Waals surface area contributed by atoms with Crippen molar-refractivity contribution < 1.29 is 18.7 Å². The van der Waals surface area contributed by atoms with E-state index in [1.54, 1.807) is 12.1 Å². The molecule has 0 aromatic heterocycles. The van der Waals surface area contributed by atoms with Gasteiger partial charge in [0.2, 0.25) is 5.91 Å². The minimum absolute atomic E-state index is 0.0232. The Labute approximate surface area is 173 Å². The first-order valence-electron chi connectivity index (χ1n) is 10.9. The molecule has 2 atom stereocenters. The molecule has 2 aliphatic heterocycles. The van der Waals surface area contributed by atoms with Gasteiger partial charge < -0.3 is 15.0 Å². The molecule has 29 heavy (non-hydrogen) atoms. The minimum Gasteiger partial charge on any atom is -0.360 e. The van der Waals surface area contributed by atoms with E-state index in [1.807, 2.05) is 6.92 Å². The number of nitrogens with zero attached hydrogens (tertiary/aromatic N) is 1. The minimum atomic E-state index is -0.328. The number of carbonyl (C=O) groups is 2. The van der Waals surface area contributed by atoms with E-state index in [-0.39, 0.29) is 35.3 Å². The molecule has 0 saturated carbocycles. The summed E-state index contributed by atoms with van der Waals surface area (Å²) in [4.78, 5) is 26.8. The smallest absolute Gasteiger partial charge is 0.249 e. The molecule has 1 amide bonds. The number of halogens is 1. The van der Waals surface area contributed by atoms with Gasteiger partial charge in [-0.2, -0.15) is 0 Å². The van der Waals surface area contributed by atoms with E-state index in [4.69, 9.17) is 4.74 Å². The SMILES string of the molecule is CCCCC1OC2(CCN(CCCC(=O)c3ccc(F)cc3)CC2)C(C)NC1=O. The van der Waals surface area contributed by atoms with Gasteiger partial charge in [-0.05, 0) is 63.4 Å². The molecule has 1 aromatic carbocycles. The van der Waals surface area contributed by atoms with Crippen LogP contribution in [0.4, 0.5) is 4.39 Å². The van der Waals surface area contributed by atoms with Crippen LogP contribution in [0.3, 0.4) is 0 Å². The fraction of sp³-hybridized carbons (Fsp3) is 0.652. The normalized spacial score (nSPS) is 24.4. The lowest BCUT2D eigenvalue weighted by molar-refractivity contribution is -0.183. The molecule has 1 N–H and O–H groups in total. The van der Waals surface area contributed by atoms with Crippen molar-refractivity contribution in [1.82, 2.24) is 10.2 Å². The second-order valence-electron chi connectivity index (χ2n) is 8.42. The molecule has 2 fully saturated rings. The average Bonchev–Trinajstić information content (AvgIpc) is 2.71. The highest BCUT2D eigenvalue weighted by molar-refractivity contribution is 5.95. The van der Waals surface area contributed by atoms with Gasteiger partial charge in [0, 0.05) is 25.1 Å². The van der Waals surface area contributed by atoms with Crippen LogP contribution < -0.4 is 5.32 Å². The van der Waals surface area contributed by atoms with Gasteiger partial charge in [-0.3, -0.25) is 9.59 Å². The van der Waals surface area contributed by atoms with Crippen molar-refractivity contribution in [2.24, 2.45) is 0 Å². The first-order valence-corrected chi connectivity index (χ1v) is 10.9. The monoisotopic (exact) mass is 404 g/mol. The van der Waals surface area contributed by atoms with Gasteiger partial charge in [0.25, 0.3) is 0 Å². The molecule has 2 unspecified atom stereocenters. The van der Waals surface area contributed by atoms with Gasteiger partial charge >= 0.3 is 0 Å². The Morgan fingerprint density at radius 2 is 1.93 bits per heavy atom. The first-order chi connectivity index (χ1) is 13.9. The van der Waals surface area contributed by atoms with Crippen LogP contribution >= 0.6 is 0 Å². The van der Waals surface area contributed by atoms with Gasteiger partial charge in [0.05, 0.1) is 11.6 Å². The summed E-state index contributed by atoms with van der Waals surface area (Å²) in [7, 11) is 0. The van der Waals surface area contributed by atoms with Crippen molar-refractivity contribution in [3.63, 3.8) is 0 Å². The van der Waals surface area contributed by atoms with Crippen LogP contribution in [0.25, 0.3) is 0 Å². The molecule has 5 nitrogen and oxygen atoms in total. The molecular weight excluding hydrogens is 371 g/mol. The zero-order valence-electron chi connectivity index (χ0n) is 17.6. The van der Waals surface area contributed by atoms with Crippen molar-refractivity contribution in [3.8, 4) is 0 Å². The van der Waals surface area contributed by atoms with Gasteiger partial charge in [0.15, 0.2) is 5.78 Å². The second kappa shape index (κ2) is 9.81. The highest BCUT2D eigenvalue weighted by Gasteiger charge is 2.47. The number of rotatable bonds is 8. The third-order valence-electron chi connectivity index (χ3n) is 6.38. The standard InChI is InChI=1S/C23H33FN2O3/c1-3-4-7-21-22(28)25-17(2)23(29-21)12-15-26(16-13-23)14-5-6-20(27)18-8-10-19(24)11-9-18/h8-11,17,21H,3-7,12-16H2,1-2H3,(H,25,28). The third kappa shape index (κ3) is 5.43. The summed E-state index contributed by atoms with van der Waals surface area (Å²) in [6.45, 7) is 6.85. The summed E-state index contributed by atoms with van der Waals surface area (Å²) < 4.78 is 19.4. The highest BCUT2D eigenvalue weighted by Crippen LogP contribution is 2.35. The summed E-state index contributed by atoms with van der Waals surface area (Å²) >= 11 is 0. The largest absolute Gasteiger partial charge is 0.360 e. The number of ketones is 1. The Hall–Kier alpha value is -1.79. The zero-order valence-corrected chi connectivity index (χ0v) is 17.6. The summed E-state index contributed by atoms with van der Waals surface area (Å²) in [5.41, 5.74) is 0.300. The number of piperidine rings is 1. The maximum atomic E-state index is 13.0. The van der Waals surface area contributed by atoms with Gasteiger partial charge in [-0.25, -0.2) is 4.39 Å². The van der Waals surface area contributed by atoms with Crippen molar-refractivity contribution in [3.05, 3.63) is 35.6 Å². The van der Waals surface area contributed by atoms with E-state index in [0.29, 0.717) is 12.0 Å². The number of benzene rings is 1. The number of morpholine rings is 1. The number of carbonyl (C=O) groups excluding carboxylic acids is 2. The van der Waals surface area contributed by atoms with Crippen LogP contribution in [-0.2, 0) is 9.53 Å². The maximum Gasteiger partial charge on any atom is 0.249 e. The lowest BCUT2D eigenvalue weighted by Crippen LogP contribution is -2.65. The molecule has 3 rings (SSSR count). The number of hydrogen-bond acceptors (Lipinski definition) is 4. The van der Waals surface area contributed by atoms with E-state index >= 15 is 0 Å². The molecule has 160 valence electrons. The quantitative estimate of drug-likeness (QED) is 0.671. The molecule has 1 aromatic rings. The first kappa shape index (κ1) is 21.9. The Balaban J connectivity index is 1.45. The van der Waals surface area contributed by atoms with Crippen LogP contribution in [-0.4, -0.2) is 54.0 Å². The summed E-state index contributed by atoms with van der Waals surface area (Å²) in [5.74, 6) is -0.237. The van der Waals surface area contributed by atoms with Crippen LogP contribution in [0.15, 0.2) is 24.3 Å². The van der Waals surface area contributed by atoms with Crippen molar-refractivity contribution >= 4 is 11.7 Å². The van der Waals surface area contributed by atoms with Crippen LogP contribution in [0, 0.1) is 5.82 Å². The summed E-state index contributed by atoms with van der Waals surface area (Å²) in [6.07, 6.45) is 5.55. The molecular formula is C23H33FN2O3. The number of amides is 1. The molecule has 0 bridgehead atoms. The zero-order chi connectivity index (χ0) is 20.9. The fourth-order valence-electron chi connectivity index (χ4n) is 4.41. The van der Waals surface area contributed by atoms with E-state index in [0.717, 1.165) is 58.2 Å². The molecule has 1 spiro atoms. The highest BCUT2D eigenvalue weighted by atomic mass is 19.1. The predicted molar refractivity (Wildman–Crippen MR) is 110 cm³/mol. The lowest BCUT2D eigenvalue weighted by Gasteiger charge is -2.50. The van der Waals surface area contributed by atoms with Gasteiger partial charge in [-0.15, -0.1) is 0 Å². The molecule has 2 heterocycles. The second-order valence-corrected chi connectivity index (χ2v) is 8.42. The number of nitrogens with one attached hydrogen (secondary N) is 1. The van der Waals surface area contributed by atoms with E-state index in [9.17, 15) is 14.0 Å². The Morgan fingerprint density at radius 1 is 1.24 bits per heavy atom. The maximum absolute atomic E-state index is 13.0. The number of likely N-dealkylation sites (tertiary alicyclic amines) is 1. The van der Waals surface area contributed by atoms with Crippen LogP contribution in [0.5, 0.6) is 0 Å². The number of unbranched alkanes of at least 4 members (excludes halogenated alkanes) is 1. The summed E-state index contributed by atoms with van der Waals surface area (Å²) in [6, 6.07) is 5.78. The van der Waals surface area contributed by atoms with Crippen molar-refractivity contribution in [2.45, 2.75) is 76.5 Å². The molecule has 2 saturated heterocycles. The molecule has 2 aliphatic rings. The Kier molecular flexibility index (Phi) is 7.41. The number of hydrogen-bond donors (Lipinski definition) is 1. The fourth-order valence-corrected chi connectivity index (χ4v) is 4.41. The Morgan fingerprint density at radius 3 is 2.59 bits per heavy atom. The van der Waals surface area contributed by atoms with Crippen molar-refractivity contribution in [1.29, 1.82) is 0 Å². The number of Topliss-reactive ketones (excluding diaryl/α,β-unsaturated/α-hetero) is 1. The average molecular weight is 405 g/mol. The number of ether oxygens (including phenoxy) is 1. The lowest BCUT2D eigenvalue weighted by atomic mass is 9.82. The van der Waals surface area contributed by atoms with Gasteiger partial charge in [-0.1, -0.05) is 19.8 Å². The molecule has 0 radical (unpaired) electrons. The Bertz CT molecular complexity index is 699. The molecule has 6 heteroatoms. The third-order valence-corrected chi connectivity index (χ3v) is 6.38. The van der Waals surface area contributed by atoms with E-state index in [1.165, 1.54) is 12.1 Å². The molecule has 0 aliphatic carbocycles. The predicted octanol–water partition coefficient (Wildman–Crippen LogP) is 3.72. The van der Waals surface area contributed by atoms with Gasteiger partial charge in [0.1, 0.15) is 11.9 Å². The van der Waals surface area contributed by atoms with E-state index in [2.05, 4.69) is 17.1 Å². The van der Waals surface area contributed by atoms with Crippen LogP contribution in [0.2, 0.25) is 0 Å². The summed E-state index contributed by atoms with van der Waals surface area (Å²) in [5, 5.41) is 3.14. The van der Waals surface area contributed by atoms with Crippen molar-refractivity contribution in [2.75, 3.05) is 19.6 Å². The van der Waals surface area contributed by atoms with E-state index < -0.39 is 0 Å². The topological polar surface area (TPSA) is 58.6 Å². The van der Waals surface area contributed by atoms with Crippen LogP contribution in [0.1, 0.15) is 69.2 Å².